The molecule has 106 valence electrons. The van der Waals surface area contributed by atoms with E-state index < -0.39 is 11.6 Å². The largest absolute Gasteiger partial charge is 0.455 e. The molecule has 0 aliphatic rings. The monoisotopic (exact) mass is 291 g/mol. The molecule has 0 saturated carbocycles. The van der Waals surface area contributed by atoms with Crippen molar-refractivity contribution < 1.29 is 9.53 Å². The van der Waals surface area contributed by atoms with Crippen molar-refractivity contribution in [3.05, 3.63) is 28.8 Å². The molecule has 20 heavy (non-hydrogen) atoms. The Bertz CT molecular complexity index is 644. The highest BCUT2D eigenvalue weighted by atomic mass is 32.1. The summed E-state index contributed by atoms with van der Waals surface area (Å²) in [4.78, 5) is 21.5. The lowest BCUT2D eigenvalue weighted by Gasteiger charge is -2.19. The van der Waals surface area contributed by atoms with Crippen LogP contribution >= 0.6 is 11.3 Å². The van der Waals surface area contributed by atoms with E-state index in [2.05, 4.69) is 9.97 Å². The molecule has 0 saturated heterocycles. The van der Waals surface area contributed by atoms with Crippen LogP contribution in [0.5, 0.6) is 0 Å². The number of carbonyl (C=O) groups is 1. The number of rotatable bonds is 2. The Hall–Kier alpha value is -1.95. The Morgan fingerprint density at radius 1 is 1.30 bits per heavy atom. The Morgan fingerprint density at radius 3 is 2.55 bits per heavy atom. The molecule has 5 nitrogen and oxygen atoms in total. The van der Waals surface area contributed by atoms with Crippen LogP contribution in [0, 0.1) is 6.92 Å². The van der Waals surface area contributed by atoms with Gasteiger partial charge in [0.15, 0.2) is 5.13 Å². The van der Waals surface area contributed by atoms with E-state index in [0.29, 0.717) is 16.5 Å². The molecule has 2 aromatic heterocycles. The van der Waals surface area contributed by atoms with Gasteiger partial charge in [-0.05, 0) is 39.8 Å². The minimum absolute atomic E-state index is 0.267. The third-order valence-corrected chi connectivity index (χ3v) is 3.21. The lowest BCUT2D eigenvalue weighted by Crippen LogP contribution is -2.24. The van der Waals surface area contributed by atoms with E-state index in [0.717, 1.165) is 4.88 Å². The van der Waals surface area contributed by atoms with E-state index in [1.807, 2.05) is 27.7 Å². The van der Waals surface area contributed by atoms with Gasteiger partial charge in [0.05, 0.1) is 5.69 Å². The number of thiazole rings is 1. The fourth-order valence-corrected chi connectivity index (χ4v) is 2.36. The van der Waals surface area contributed by atoms with E-state index in [1.165, 1.54) is 11.3 Å². The summed E-state index contributed by atoms with van der Waals surface area (Å²) in [5, 5.41) is 0.488. The molecule has 0 unspecified atom stereocenters. The Labute approximate surface area is 121 Å². The van der Waals surface area contributed by atoms with E-state index in [-0.39, 0.29) is 5.69 Å². The molecule has 2 N–H and O–H groups in total. The maximum atomic E-state index is 12.0. The van der Waals surface area contributed by atoms with Crippen molar-refractivity contribution in [3.63, 3.8) is 0 Å². The Morgan fingerprint density at radius 2 is 2.00 bits per heavy atom. The minimum Gasteiger partial charge on any atom is -0.455 e. The average Bonchev–Trinajstić information content (AvgIpc) is 2.66. The third-order valence-electron chi connectivity index (χ3n) is 2.41. The molecule has 0 atom stereocenters. The van der Waals surface area contributed by atoms with Gasteiger partial charge in [0.2, 0.25) is 0 Å². The first-order valence-electron chi connectivity index (χ1n) is 6.20. The first kappa shape index (κ1) is 14.5. The van der Waals surface area contributed by atoms with Crippen LogP contribution in [-0.2, 0) is 4.74 Å². The molecule has 0 bridgehead atoms. The Balaban J connectivity index is 2.33. The zero-order valence-corrected chi connectivity index (χ0v) is 12.7. The SMILES string of the molecule is Cc1sc(N)nc1-c1cccc(C(=O)OC(C)(C)C)n1. The van der Waals surface area contributed by atoms with Crippen LogP contribution in [0.15, 0.2) is 18.2 Å². The molecule has 0 amide bonds. The molecule has 2 heterocycles. The van der Waals surface area contributed by atoms with E-state index in [4.69, 9.17) is 10.5 Å². The average molecular weight is 291 g/mol. The highest BCUT2D eigenvalue weighted by Gasteiger charge is 2.20. The summed E-state index contributed by atoms with van der Waals surface area (Å²) in [6.07, 6.45) is 0. The first-order valence-corrected chi connectivity index (χ1v) is 7.01. The molecule has 0 aliphatic heterocycles. The van der Waals surface area contributed by atoms with Gasteiger partial charge in [-0.3, -0.25) is 0 Å². The minimum atomic E-state index is -0.546. The van der Waals surface area contributed by atoms with Crippen molar-refractivity contribution in [2.45, 2.75) is 33.3 Å². The number of carbonyl (C=O) groups excluding carboxylic acids is 1. The van der Waals surface area contributed by atoms with Crippen molar-refractivity contribution in [1.29, 1.82) is 0 Å². The van der Waals surface area contributed by atoms with Crippen molar-refractivity contribution in [3.8, 4) is 11.4 Å². The summed E-state index contributed by atoms with van der Waals surface area (Å²) in [5.41, 5.74) is 6.74. The molecule has 0 fully saturated rings. The second-order valence-electron chi connectivity index (χ2n) is 5.37. The van der Waals surface area contributed by atoms with Gasteiger partial charge in [-0.25, -0.2) is 14.8 Å². The lowest BCUT2D eigenvalue weighted by molar-refractivity contribution is 0.00630. The van der Waals surface area contributed by atoms with Gasteiger partial charge in [0, 0.05) is 4.88 Å². The van der Waals surface area contributed by atoms with Crippen molar-refractivity contribution in [1.82, 2.24) is 9.97 Å². The van der Waals surface area contributed by atoms with Gasteiger partial charge in [-0.2, -0.15) is 0 Å². The molecular formula is C14H17N3O2S. The van der Waals surface area contributed by atoms with Crippen LogP contribution in [0.25, 0.3) is 11.4 Å². The summed E-state index contributed by atoms with van der Waals surface area (Å²) in [6, 6.07) is 5.19. The van der Waals surface area contributed by atoms with Crippen LogP contribution in [0.4, 0.5) is 5.13 Å². The number of anilines is 1. The first-order chi connectivity index (χ1) is 9.26. The van der Waals surface area contributed by atoms with E-state index in [9.17, 15) is 4.79 Å². The normalized spacial score (nSPS) is 11.4. The van der Waals surface area contributed by atoms with Gasteiger partial charge < -0.3 is 10.5 Å². The van der Waals surface area contributed by atoms with Crippen molar-refractivity contribution in [2.75, 3.05) is 5.73 Å². The molecule has 0 radical (unpaired) electrons. The fraction of sp³-hybridized carbons (Fsp3) is 0.357. The van der Waals surface area contributed by atoms with Crippen molar-refractivity contribution in [2.24, 2.45) is 0 Å². The summed E-state index contributed by atoms with van der Waals surface area (Å²) in [6.45, 7) is 7.38. The molecule has 2 aromatic rings. The van der Waals surface area contributed by atoms with Crippen molar-refractivity contribution >= 4 is 22.4 Å². The molecule has 2 rings (SSSR count). The smallest absolute Gasteiger partial charge is 0.357 e. The molecular weight excluding hydrogens is 274 g/mol. The van der Waals surface area contributed by atoms with Gasteiger partial charge >= 0.3 is 5.97 Å². The Kier molecular flexibility index (Phi) is 3.76. The second-order valence-corrected chi connectivity index (χ2v) is 6.60. The fourth-order valence-electron chi connectivity index (χ4n) is 1.67. The summed E-state index contributed by atoms with van der Waals surface area (Å²) in [7, 11) is 0. The topological polar surface area (TPSA) is 78.1 Å². The number of hydrogen-bond acceptors (Lipinski definition) is 6. The quantitative estimate of drug-likeness (QED) is 0.860. The maximum absolute atomic E-state index is 12.0. The van der Waals surface area contributed by atoms with E-state index >= 15 is 0 Å². The number of nitrogens with zero attached hydrogens (tertiary/aromatic N) is 2. The number of aromatic nitrogens is 2. The maximum Gasteiger partial charge on any atom is 0.357 e. The highest BCUT2D eigenvalue weighted by molar-refractivity contribution is 7.15. The zero-order chi connectivity index (χ0) is 14.9. The number of nitrogen functional groups attached to an aromatic ring is 1. The van der Waals surface area contributed by atoms with Crippen LogP contribution in [0.1, 0.15) is 36.1 Å². The molecule has 0 spiro atoms. The predicted molar refractivity (Wildman–Crippen MR) is 79.7 cm³/mol. The van der Waals surface area contributed by atoms with Crippen LogP contribution in [-0.4, -0.2) is 21.5 Å². The third kappa shape index (κ3) is 3.33. The van der Waals surface area contributed by atoms with Gasteiger partial charge in [0.25, 0.3) is 0 Å². The second kappa shape index (κ2) is 5.20. The molecule has 0 aliphatic carbocycles. The summed E-state index contributed by atoms with van der Waals surface area (Å²) >= 11 is 1.40. The molecule has 6 heteroatoms. The number of pyridine rings is 1. The molecule has 0 aromatic carbocycles. The van der Waals surface area contributed by atoms with Crippen LogP contribution in [0.2, 0.25) is 0 Å². The van der Waals surface area contributed by atoms with Crippen LogP contribution in [0.3, 0.4) is 0 Å². The number of nitrogens with two attached hydrogens (primary N) is 1. The number of hydrogen-bond donors (Lipinski definition) is 1. The number of ether oxygens (including phenoxy) is 1. The predicted octanol–water partition coefficient (Wildman–Crippen LogP) is 3.05. The van der Waals surface area contributed by atoms with Gasteiger partial charge in [-0.1, -0.05) is 6.07 Å². The zero-order valence-electron chi connectivity index (χ0n) is 11.9. The van der Waals surface area contributed by atoms with Gasteiger partial charge in [-0.15, -0.1) is 11.3 Å². The lowest BCUT2D eigenvalue weighted by atomic mass is 10.2. The van der Waals surface area contributed by atoms with Gasteiger partial charge in [0.1, 0.15) is 17.0 Å². The summed E-state index contributed by atoms with van der Waals surface area (Å²) < 4.78 is 5.31. The van der Waals surface area contributed by atoms with E-state index in [1.54, 1.807) is 18.2 Å². The summed E-state index contributed by atoms with van der Waals surface area (Å²) in [5.74, 6) is -0.444. The number of esters is 1. The highest BCUT2D eigenvalue weighted by Crippen LogP contribution is 2.27. The standard InChI is InChI=1S/C14H17N3O2S/c1-8-11(17-13(15)20-8)9-6-5-7-10(16-9)12(18)19-14(2,3)4/h5-7H,1-4H3,(H2,15,17). The van der Waals surface area contributed by atoms with Crippen LogP contribution < -0.4 is 5.73 Å². The number of aryl methyl sites for hydroxylation is 1.